The van der Waals surface area contributed by atoms with E-state index in [1.165, 1.54) is 84.3 Å². The molecular formula is C15H29N3. The highest BCUT2D eigenvalue weighted by atomic mass is 15.3. The lowest BCUT2D eigenvalue weighted by molar-refractivity contribution is 0.0945. The molecule has 1 saturated carbocycles. The van der Waals surface area contributed by atoms with Crippen LogP contribution in [0.2, 0.25) is 0 Å². The zero-order chi connectivity index (χ0) is 12.2. The maximum absolute atomic E-state index is 3.48. The number of piperazine rings is 1. The number of nitrogens with zero attached hydrogens (tertiary/aromatic N) is 2. The molecule has 3 heteroatoms. The van der Waals surface area contributed by atoms with Crippen molar-refractivity contribution in [3.63, 3.8) is 0 Å². The molecule has 1 unspecified atom stereocenters. The highest BCUT2D eigenvalue weighted by molar-refractivity contribution is 4.82. The minimum absolute atomic E-state index is 0.936. The van der Waals surface area contributed by atoms with Crippen LogP contribution in [0.15, 0.2) is 0 Å². The number of rotatable bonds is 4. The summed E-state index contributed by atoms with van der Waals surface area (Å²) < 4.78 is 0. The van der Waals surface area contributed by atoms with Gasteiger partial charge in [-0.05, 0) is 51.2 Å². The lowest BCUT2D eigenvalue weighted by Crippen LogP contribution is -2.49. The summed E-state index contributed by atoms with van der Waals surface area (Å²) in [6.45, 7) is 9.14. The molecule has 1 atom stereocenters. The molecular weight excluding hydrogens is 222 g/mol. The fraction of sp³-hybridized carbons (Fsp3) is 1.00. The van der Waals surface area contributed by atoms with Crippen LogP contribution in [0.3, 0.4) is 0 Å². The van der Waals surface area contributed by atoms with E-state index in [4.69, 9.17) is 0 Å². The van der Waals surface area contributed by atoms with Crippen LogP contribution in [0.4, 0.5) is 0 Å². The van der Waals surface area contributed by atoms with Crippen molar-refractivity contribution in [1.29, 1.82) is 0 Å². The second kappa shape index (κ2) is 6.36. The molecule has 18 heavy (non-hydrogen) atoms. The largest absolute Gasteiger partial charge is 0.316 e. The van der Waals surface area contributed by atoms with Gasteiger partial charge in [0.25, 0.3) is 0 Å². The fourth-order valence-corrected chi connectivity index (χ4v) is 3.95. The lowest BCUT2D eigenvalue weighted by Gasteiger charge is -2.38. The summed E-state index contributed by atoms with van der Waals surface area (Å²) in [4.78, 5) is 5.46. The molecule has 1 aliphatic carbocycles. The molecule has 3 nitrogen and oxygen atoms in total. The predicted octanol–water partition coefficient (Wildman–Crippen LogP) is 1.55. The average Bonchev–Trinajstić information content (AvgIpc) is 3.10. The van der Waals surface area contributed by atoms with Crippen LogP contribution in [0.5, 0.6) is 0 Å². The van der Waals surface area contributed by atoms with E-state index in [1.807, 2.05) is 0 Å². The molecule has 2 saturated heterocycles. The van der Waals surface area contributed by atoms with E-state index in [0.717, 1.165) is 12.0 Å². The first kappa shape index (κ1) is 12.9. The molecule has 0 bridgehead atoms. The minimum Gasteiger partial charge on any atom is -0.316 e. The molecule has 0 radical (unpaired) electrons. The molecule has 2 aliphatic heterocycles. The zero-order valence-electron chi connectivity index (χ0n) is 11.7. The van der Waals surface area contributed by atoms with Gasteiger partial charge in [-0.3, -0.25) is 4.90 Å². The zero-order valence-corrected chi connectivity index (χ0v) is 11.7. The van der Waals surface area contributed by atoms with Crippen LogP contribution in [-0.2, 0) is 0 Å². The molecule has 3 aliphatic rings. The van der Waals surface area contributed by atoms with Crippen LogP contribution in [0.1, 0.15) is 38.5 Å². The van der Waals surface area contributed by atoms with Gasteiger partial charge in [0.05, 0.1) is 0 Å². The molecule has 0 aromatic carbocycles. The Morgan fingerprint density at radius 1 is 0.944 bits per heavy atom. The Hall–Kier alpha value is -0.120. The summed E-state index contributed by atoms with van der Waals surface area (Å²) in [5.74, 6) is 0.956. The minimum atomic E-state index is 0.936. The SMILES string of the molecule is C1CCC(N2CCN(CCC3CCNC3)CC2)C1. The van der Waals surface area contributed by atoms with Crippen molar-refractivity contribution in [3.8, 4) is 0 Å². The topological polar surface area (TPSA) is 18.5 Å². The second-order valence-corrected chi connectivity index (χ2v) is 6.46. The molecule has 0 amide bonds. The van der Waals surface area contributed by atoms with E-state index in [9.17, 15) is 0 Å². The Labute approximate surface area is 112 Å². The first-order valence-electron chi connectivity index (χ1n) is 8.09. The van der Waals surface area contributed by atoms with Gasteiger partial charge in [-0.1, -0.05) is 12.8 Å². The Balaban J connectivity index is 1.34. The summed E-state index contributed by atoms with van der Waals surface area (Å²) in [5.41, 5.74) is 0. The summed E-state index contributed by atoms with van der Waals surface area (Å²) in [5, 5.41) is 3.48. The van der Waals surface area contributed by atoms with Gasteiger partial charge in [0.15, 0.2) is 0 Å². The second-order valence-electron chi connectivity index (χ2n) is 6.46. The van der Waals surface area contributed by atoms with Gasteiger partial charge in [0.2, 0.25) is 0 Å². The molecule has 0 aromatic heterocycles. The van der Waals surface area contributed by atoms with Gasteiger partial charge in [0, 0.05) is 32.2 Å². The molecule has 3 fully saturated rings. The third-order valence-corrected chi connectivity index (χ3v) is 5.26. The Bertz CT molecular complexity index is 236. The van der Waals surface area contributed by atoms with Gasteiger partial charge in [0.1, 0.15) is 0 Å². The third-order valence-electron chi connectivity index (χ3n) is 5.26. The van der Waals surface area contributed by atoms with E-state index < -0.39 is 0 Å². The van der Waals surface area contributed by atoms with E-state index in [2.05, 4.69) is 15.1 Å². The van der Waals surface area contributed by atoms with E-state index >= 15 is 0 Å². The van der Waals surface area contributed by atoms with Gasteiger partial charge < -0.3 is 10.2 Å². The summed E-state index contributed by atoms with van der Waals surface area (Å²) in [6.07, 6.45) is 8.69. The predicted molar refractivity (Wildman–Crippen MR) is 75.9 cm³/mol. The van der Waals surface area contributed by atoms with Crippen LogP contribution in [0, 0.1) is 5.92 Å². The van der Waals surface area contributed by atoms with Crippen molar-refractivity contribution >= 4 is 0 Å². The molecule has 2 heterocycles. The van der Waals surface area contributed by atoms with Crippen molar-refractivity contribution in [2.24, 2.45) is 5.92 Å². The smallest absolute Gasteiger partial charge is 0.0113 e. The van der Waals surface area contributed by atoms with Gasteiger partial charge in [-0.2, -0.15) is 0 Å². The van der Waals surface area contributed by atoms with Crippen molar-refractivity contribution in [3.05, 3.63) is 0 Å². The van der Waals surface area contributed by atoms with Crippen molar-refractivity contribution in [1.82, 2.24) is 15.1 Å². The highest BCUT2D eigenvalue weighted by Crippen LogP contribution is 2.24. The molecule has 104 valence electrons. The Kier molecular flexibility index (Phi) is 4.55. The normalized spacial score (nSPS) is 32.3. The van der Waals surface area contributed by atoms with Crippen LogP contribution < -0.4 is 5.32 Å². The fourth-order valence-electron chi connectivity index (χ4n) is 3.95. The standard InChI is InChI=1S/C15H29N3/c1-2-4-15(3-1)18-11-9-17(10-12-18)8-6-14-5-7-16-13-14/h14-16H,1-13H2. The van der Waals surface area contributed by atoms with Crippen LogP contribution >= 0.6 is 0 Å². The Morgan fingerprint density at radius 2 is 1.72 bits per heavy atom. The molecule has 0 aromatic rings. The molecule has 3 rings (SSSR count). The average molecular weight is 251 g/mol. The van der Waals surface area contributed by atoms with Gasteiger partial charge >= 0.3 is 0 Å². The summed E-state index contributed by atoms with van der Waals surface area (Å²) >= 11 is 0. The number of hydrogen-bond donors (Lipinski definition) is 1. The van der Waals surface area contributed by atoms with Crippen molar-refractivity contribution in [2.75, 3.05) is 45.8 Å². The van der Waals surface area contributed by atoms with Crippen LogP contribution in [-0.4, -0.2) is 61.7 Å². The molecule has 0 spiro atoms. The van der Waals surface area contributed by atoms with E-state index in [-0.39, 0.29) is 0 Å². The lowest BCUT2D eigenvalue weighted by atomic mass is 10.0. The van der Waals surface area contributed by atoms with Gasteiger partial charge in [-0.25, -0.2) is 0 Å². The number of hydrogen-bond acceptors (Lipinski definition) is 3. The molecule has 1 N–H and O–H groups in total. The first-order valence-corrected chi connectivity index (χ1v) is 8.09. The maximum Gasteiger partial charge on any atom is 0.0113 e. The van der Waals surface area contributed by atoms with Crippen molar-refractivity contribution in [2.45, 2.75) is 44.6 Å². The Morgan fingerprint density at radius 3 is 2.39 bits per heavy atom. The monoisotopic (exact) mass is 251 g/mol. The summed E-state index contributed by atoms with van der Waals surface area (Å²) in [7, 11) is 0. The van der Waals surface area contributed by atoms with E-state index in [0.29, 0.717) is 0 Å². The quantitative estimate of drug-likeness (QED) is 0.818. The first-order chi connectivity index (χ1) is 8.92. The third kappa shape index (κ3) is 3.25. The van der Waals surface area contributed by atoms with Crippen LogP contribution in [0.25, 0.3) is 0 Å². The summed E-state index contributed by atoms with van der Waals surface area (Å²) in [6, 6.07) is 0.936. The maximum atomic E-state index is 3.48. The van der Waals surface area contributed by atoms with Gasteiger partial charge in [-0.15, -0.1) is 0 Å². The van der Waals surface area contributed by atoms with Crippen molar-refractivity contribution < 1.29 is 0 Å². The van der Waals surface area contributed by atoms with E-state index in [1.54, 1.807) is 0 Å². The highest BCUT2D eigenvalue weighted by Gasteiger charge is 2.26. The number of nitrogens with one attached hydrogen (secondary N) is 1.